The Morgan fingerprint density at radius 2 is 2.11 bits per heavy atom. The Balaban J connectivity index is 3.12. The predicted octanol–water partition coefficient (Wildman–Crippen LogP) is -0.903. The molecule has 1 rings (SSSR count). The third-order valence-electron chi connectivity index (χ3n) is 2.43. The van der Waals surface area contributed by atoms with Crippen molar-refractivity contribution >= 4 is 11.8 Å². The number of hydrogen-bond donors (Lipinski definition) is 3. The van der Waals surface area contributed by atoms with E-state index in [0.717, 1.165) is 4.57 Å². The van der Waals surface area contributed by atoms with E-state index in [9.17, 15) is 19.5 Å². The molecule has 0 bridgehead atoms. The Morgan fingerprint density at radius 1 is 1.50 bits per heavy atom. The number of aromatic hydroxyl groups is 1. The van der Waals surface area contributed by atoms with Gasteiger partial charge in [-0.1, -0.05) is 0 Å². The van der Waals surface area contributed by atoms with Crippen LogP contribution in [0.15, 0.2) is 10.9 Å². The highest BCUT2D eigenvalue weighted by atomic mass is 16.3. The lowest BCUT2D eigenvalue weighted by Crippen LogP contribution is -2.34. The predicted molar refractivity (Wildman–Crippen MR) is 64.3 cm³/mol. The van der Waals surface area contributed by atoms with Crippen LogP contribution in [0, 0.1) is 6.92 Å². The molecule has 7 heteroatoms. The molecule has 1 heterocycles. The van der Waals surface area contributed by atoms with Crippen molar-refractivity contribution in [2.45, 2.75) is 20.4 Å². The maximum Gasteiger partial charge on any atom is 0.266 e. The van der Waals surface area contributed by atoms with Gasteiger partial charge in [0.1, 0.15) is 5.56 Å². The Bertz CT molecular complexity index is 548. The van der Waals surface area contributed by atoms with Gasteiger partial charge in [0, 0.05) is 26.1 Å². The van der Waals surface area contributed by atoms with Crippen LogP contribution < -0.4 is 16.6 Å². The fraction of sp³-hybridized carbons (Fsp3) is 0.364. The summed E-state index contributed by atoms with van der Waals surface area (Å²) in [6.07, 6.45) is 0. The van der Waals surface area contributed by atoms with Crippen LogP contribution in [0.4, 0.5) is 0 Å². The molecule has 18 heavy (non-hydrogen) atoms. The third kappa shape index (κ3) is 2.88. The number of nitrogens with one attached hydrogen (secondary N) is 1. The number of primary amides is 1. The molecule has 0 fully saturated rings. The van der Waals surface area contributed by atoms with Crippen molar-refractivity contribution in [3.63, 3.8) is 0 Å². The molecule has 0 aromatic carbocycles. The lowest BCUT2D eigenvalue weighted by Gasteiger charge is -2.11. The highest BCUT2D eigenvalue weighted by Gasteiger charge is 2.15. The van der Waals surface area contributed by atoms with Gasteiger partial charge in [-0.25, -0.2) is 0 Å². The number of aryl methyl sites for hydroxylation is 1. The van der Waals surface area contributed by atoms with Crippen LogP contribution in [0.1, 0.15) is 22.8 Å². The normalized spacial score (nSPS) is 10.1. The van der Waals surface area contributed by atoms with E-state index in [1.54, 1.807) is 0 Å². The topological polar surface area (TPSA) is 114 Å². The lowest BCUT2D eigenvalue weighted by molar-refractivity contribution is -0.119. The summed E-state index contributed by atoms with van der Waals surface area (Å²) in [5, 5.41) is 12.1. The summed E-state index contributed by atoms with van der Waals surface area (Å²) in [6, 6.07) is 1.29. The Labute approximate surface area is 103 Å². The fourth-order valence-corrected chi connectivity index (χ4v) is 1.61. The molecule has 0 saturated carbocycles. The smallest absolute Gasteiger partial charge is 0.266 e. The Morgan fingerprint density at radius 3 is 2.61 bits per heavy atom. The highest BCUT2D eigenvalue weighted by Crippen LogP contribution is 2.11. The van der Waals surface area contributed by atoms with Crippen LogP contribution >= 0.6 is 0 Å². The molecule has 0 spiro atoms. The van der Waals surface area contributed by atoms with Crippen LogP contribution in [0.2, 0.25) is 0 Å². The number of aromatic nitrogens is 1. The van der Waals surface area contributed by atoms with Crippen molar-refractivity contribution in [1.29, 1.82) is 0 Å². The van der Waals surface area contributed by atoms with E-state index in [-0.39, 0.29) is 30.4 Å². The summed E-state index contributed by atoms with van der Waals surface area (Å²) in [6.45, 7) is 3.08. The van der Waals surface area contributed by atoms with Gasteiger partial charge in [-0.05, 0) is 12.5 Å². The molecule has 0 atom stereocenters. The Hall–Kier alpha value is -2.31. The molecule has 98 valence electrons. The monoisotopic (exact) mass is 253 g/mol. The first-order chi connectivity index (χ1) is 8.34. The quantitative estimate of drug-likeness (QED) is 0.644. The fourth-order valence-electron chi connectivity index (χ4n) is 1.61. The molecule has 0 radical (unpaired) electrons. The number of carbonyl (C=O) groups is 2. The molecular formula is C11H15N3O4. The number of rotatable bonds is 4. The molecule has 0 aliphatic heterocycles. The molecule has 0 saturated heterocycles. The van der Waals surface area contributed by atoms with Crippen LogP contribution in [0.3, 0.4) is 0 Å². The zero-order valence-corrected chi connectivity index (χ0v) is 10.2. The van der Waals surface area contributed by atoms with Crippen molar-refractivity contribution in [2.24, 2.45) is 5.73 Å². The van der Waals surface area contributed by atoms with Gasteiger partial charge in [0.15, 0.2) is 5.88 Å². The largest absolute Gasteiger partial charge is 0.494 e. The number of carbonyl (C=O) groups excluding carboxylic acids is 2. The summed E-state index contributed by atoms with van der Waals surface area (Å²) in [4.78, 5) is 33.8. The second-order valence-electron chi connectivity index (χ2n) is 3.86. The van der Waals surface area contributed by atoms with Gasteiger partial charge < -0.3 is 16.2 Å². The number of hydrogen-bond acceptors (Lipinski definition) is 4. The third-order valence-corrected chi connectivity index (χ3v) is 2.43. The summed E-state index contributed by atoms with van der Waals surface area (Å²) < 4.78 is 0.989. The molecule has 4 N–H and O–H groups in total. The van der Waals surface area contributed by atoms with Crippen molar-refractivity contribution in [2.75, 3.05) is 6.54 Å². The van der Waals surface area contributed by atoms with Crippen LogP contribution in [0.5, 0.6) is 5.88 Å². The number of pyridine rings is 1. The minimum Gasteiger partial charge on any atom is -0.494 e. The van der Waals surface area contributed by atoms with Crippen molar-refractivity contribution in [3.8, 4) is 5.88 Å². The number of nitrogens with two attached hydrogens (primary N) is 1. The zero-order chi connectivity index (χ0) is 13.9. The maximum atomic E-state index is 11.9. The molecule has 7 nitrogen and oxygen atoms in total. The molecular weight excluding hydrogens is 238 g/mol. The second kappa shape index (κ2) is 5.35. The van der Waals surface area contributed by atoms with Gasteiger partial charge in [-0.2, -0.15) is 0 Å². The first-order valence-corrected chi connectivity index (χ1v) is 5.32. The first kappa shape index (κ1) is 13.8. The van der Waals surface area contributed by atoms with E-state index in [4.69, 9.17) is 5.73 Å². The first-order valence-electron chi connectivity index (χ1n) is 5.32. The van der Waals surface area contributed by atoms with E-state index in [1.807, 2.05) is 0 Å². The van der Waals surface area contributed by atoms with Crippen LogP contribution in [0.25, 0.3) is 0 Å². The summed E-state index contributed by atoms with van der Waals surface area (Å²) in [5.41, 5.74) is 4.61. The number of amides is 2. The second-order valence-corrected chi connectivity index (χ2v) is 3.86. The Kier molecular flexibility index (Phi) is 4.09. The minimum atomic E-state index is -0.842. The average Bonchev–Trinajstić information content (AvgIpc) is 2.21. The van der Waals surface area contributed by atoms with E-state index in [1.165, 1.54) is 19.9 Å². The SMILES string of the molecule is CC(=O)NCCn1c(O)cc(C)c(C(N)=O)c1=O. The van der Waals surface area contributed by atoms with Crippen molar-refractivity contribution in [1.82, 2.24) is 9.88 Å². The zero-order valence-electron chi connectivity index (χ0n) is 10.2. The number of nitrogens with zero attached hydrogens (tertiary/aromatic N) is 1. The van der Waals surface area contributed by atoms with E-state index < -0.39 is 11.5 Å². The van der Waals surface area contributed by atoms with Gasteiger partial charge in [0.25, 0.3) is 11.5 Å². The van der Waals surface area contributed by atoms with Gasteiger partial charge in [0.05, 0.1) is 0 Å². The van der Waals surface area contributed by atoms with E-state index >= 15 is 0 Å². The molecule has 2 amide bonds. The average molecular weight is 253 g/mol. The minimum absolute atomic E-state index is 0.0603. The van der Waals surface area contributed by atoms with Crippen molar-refractivity contribution < 1.29 is 14.7 Å². The van der Waals surface area contributed by atoms with Gasteiger partial charge in [-0.15, -0.1) is 0 Å². The van der Waals surface area contributed by atoms with Gasteiger partial charge in [-0.3, -0.25) is 19.0 Å². The molecule has 0 unspecified atom stereocenters. The molecule has 1 aromatic heterocycles. The molecule has 0 aliphatic rings. The van der Waals surface area contributed by atoms with Gasteiger partial charge >= 0.3 is 0 Å². The van der Waals surface area contributed by atoms with Crippen molar-refractivity contribution in [3.05, 3.63) is 27.5 Å². The maximum absolute atomic E-state index is 11.9. The standard InChI is InChI=1S/C11H15N3O4/c1-6-5-8(16)14(4-3-13-7(2)15)11(18)9(6)10(12)17/h5,16H,3-4H2,1-2H3,(H2,12,17)(H,13,15). The van der Waals surface area contributed by atoms with Crippen LogP contribution in [-0.4, -0.2) is 28.0 Å². The molecule has 1 aromatic rings. The highest BCUT2D eigenvalue weighted by molar-refractivity contribution is 5.93. The summed E-state index contributed by atoms with van der Waals surface area (Å²) in [5.74, 6) is -1.36. The van der Waals surface area contributed by atoms with E-state index in [0.29, 0.717) is 5.56 Å². The van der Waals surface area contributed by atoms with Gasteiger partial charge in [0.2, 0.25) is 5.91 Å². The summed E-state index contributed by atoms with van der Waals surface area (Å²) >= 11 is 0. The lowest BCUT2D eigenvalue weighted by atomic mass is 10.1. The van der Waals surface area contributed by atoms with Crippen LogP contribution in [-0.2, 0) is 11.3 Å². The molecule has 0 aliphatic carbocycles. The van der Waals surface area contributed by atoms with E-state index in [2.05, 4.69) is 5.32 Å². The summed E-state index contributed by atoms with van der Waals surface area (Å²) in [7, 11) is 0.